The summed E-state index contributed by atoms with van der Waals surface area (Å²) in [6.07, 6.45) is 3.73. The maximum atomic E-state index is 12.5. The van der Waals surface area contributed by atoms with E-state index in [1.54, 1.807) is 0 Å². The maximum absolute atomic E-state index is 12.5. The number of nitrogens with zero attached hydrogens (tertiary/aromatic N) is 2. The minimum atomic E-state index is 0.170. The molecule has 2 aliphatic rings. The minimum absolute atomic E-state index is 0.170. The molecule has 1 aromatic carbocycles. The second-order valence-electron chi connectivity index (χ2n) is 6.93. The zero-order valence-corrected chi connectivity index (χ0v) is 14.2. The van der Waals surface area contributed by atoms with Crippen LogP contribution in [0, 0.1) is 19.8 Å². The number of piperazine rings is 1. The Morgan fingerprint density at radius 2 is 1.65 bits per heavy atom. The number of benzene rings is 1. The Labute approximate surface area is 138 Å². The molecule has 2 fully saturated rings. The summed E-state index contributed by atoms with van der Waals surface area (Å²) in [5, 5.41) is 0. The molecule has 0 bridgehead atoms. The quantitative estimate of drug-likeness (QED) is 0.859. The highest BCUT2D eigenvalue weighted by molar-refractivity contribution is 5.81. The van der Waals surface area contributed by atoms with Crippen LogP contribution in [0.5, 0.6) is 0 Å². The van der Waals surface area contributed by atoms with Crippen molar-refractivity contribution in [2.24, 2.45) is 5.92 Å². The molecular weight excluding hydrogens is 288 g/mol. The Morgan fingerprint density at radius 1 is 1.00 bits per heavy atom. The third-order valence-electron chi connectivity index (χ3n) is 5.33. The molecule has 4 heteroatoms. The third kappa shape index (κ3) is 3.57. The van der Waals surface area contributed by atoms with Crippen LogP contribution in [-0.4, -0.2) is 47.8 Å². The van der Waals surface area contributed by atoms with Crippen LogP contribution >= 0.6 is 0 Å². The van der Waals surface area contributed by atoms with Crippen molar-refractivity contribution >= 4 is 11.8 Å². The molecule has 1 saturated heterocycles. The summed E-state index contributed by atoms with van der Waals surface area (Å²) in [7, 11) is 0. The summed E-state index contributed by atoms with van der Waals surface area (Å²) in [5.74, 6) is 0.731. The molecule has 1 aromatic rings. The number of rotatable bonds is 3. The number of hydrogen-bond acceptors (Lipinski definition) is 2. The van der Waals surface area contributed by atoms with E-state index in [0.29, 0.717) is 38.5 Å². The topological polar surface area (TPSA) is 40.6 Å². The Bertz CT molecular complexity index is 599. The van der Waals surface area contributed by atoms with Crippen LogP contribution in [0.2, 0.25) is 0 Å². The normalized spacial score (nSPS) is 18.7. The van der Waals surface area contributed by atoms with Gasteiger partial charge in [0.25, 0.3) is 0 Å². The van der Waals surface area contributed by atoms with Crippen LogP contribution in [0.25, 0.3) is 0 Å². The predicted molar refractivity (Wildman–Crippen MR) is 90.1 cm³/mol. The van der Waals surface area contributed by atoms with Gasteiger partial charge in [-0.3, -0.25) is 9.59 Å². The lowest BCUT2D eigenvalue weighted by molar-refractivity contribution is -0.143. The largest absolute Gasteiger partial charge is 0.339 e. The number of carbonyl (C=O) groups excluding carboxylic acids is 2. The zero-order chi connectivity index (χ0) is 16.4. The van der Waals surface area contributed by atoms with Crippen LogP contribution in [-0.2, 0) is 16.0 Å². The lowest BCUT2D eigenvalue weighted by atomic mass is 9.84. The van der Waals surface area contributed by atoms with E-state index in [-0.39, 0.29) is 11.8 Å². The summed E-state index contributed by atoms with van der Waals surface area (Å²) in [4.78, 5) is 28.6. The number of aryl methyl sites for hydroxylation is 2. The van der Waals surface area contributed by atoms with E-state index in [0.717, 1.165) is 18.4 Å². The molecule has 2 amide bonds. The van der Waals surface area contributed by atoms with Crippen LogP contribution in [0.1, 0.15) is 36.0 Å². The highest BCUT2D eigenvalue weighted by Crippen LogP contribution is 2.28. The predicted octanol–water partition coefficient (Wildman–Crippen LogP) is 2.32. The SMILES string of the molecule is Cc1ccc(CC(=O)N2CCN(C(=O)C3CCC3)CC2)cc1C. The molecule has 1 saturated carbocycles. The molecule has 0 aromatic heterocycles. The van der Waals surface area contributed by atoms with E-state index in [9.17, 15) is 9.59 Å². The van der Waals surface area contributed by atoms with Gasteiger partial charge < -0.3 is 9.80 Å². The van der Waals surface area contributed by atoms with Gasteiger partial charge in [0.05, 0.1) is 6.42 Å². The van der Waals surface area contributed by atoms with Crippen LogP contribution in [0.3, 0.4) is 0 Å². The summed E-state index contributed by atoms with van der Waals surface area (Å²) in [5.41, 5.74) is 3.56. The average Bonchev–Trinajstić information content (AvgIpc) is 2.49. The van der Waals surface area contributed by atoms with E-state index in [4.69, 9.17) is 0 Å². The van der Waals surface area contributed by atoms with Crippen molar-refractivity contribution in [1.29, 1.82) is 0 Å². The van der Waals surface area contributed by atoms with E-state index in [2.05, 4.69) is 26.0 Å². The fourth-order valence-corrected chi connectivity index (χ4v) is 3.29. The molecule has 0 radical (unpaired) electrons. The molecule has 0 N–H and O–H groups in total. The summed E-state index contributed by atoms with van der Waals surface area (Å²) in [6.45, 7) is 6.87. The molecule has 124 valence electrons. The third-order valence-corrected chi connectivity index (χ3v) is 5.33. The van der Waals surface area contributed by atoms with Gasteiger partial charge in [0.2, 0.25) is 11.8 Å². The first-order valence-corrected chi connectivity index (χ1v) is 8.67. The van der Waals surface area contributed by atoms with Crippen LogP contribution in [0.15, 0.2) is 18.2 Å². The maximum Gasteiger partial charge on any atom is 0.227 e. The van der Waals surface area contributed by atoms with Crippen LogP contribution in [0.4, 0.5) is 0 Å². The molecule has 23 heavy (non-hydrogen) atoms. The van der Waals surface area contributed by atoms with E-state index in [1.807, 2.05) is 15.9 Å². The van der Waals surface area contributed by atoms with E-state index < -0.39 is 0 Å². The Morgan fingerprint density at radius 3 is 2.22 bits per heavy atom. The van der Waals surface area contributed by atoms with Crippen molar-refractivity contribution < 1.29 is 9.59 Å². The zero-order valence-electron chi connectivity index (χ0n) is 14.2. The van der Waals surface area contributed by atoms with Gasteiger partial charge >= 0.3 is 0 Å². The van der Waals surface area contributed by atoms with Gasteiger partial charge in [-0.2, -0.15) is 0 Å². The fraction of sp³-hybridized carbons (Fsp3) is 0.579. The molecular formula is C19H26N2O2. The lowest BCUT2D eigenvalue weighted by Gasteiger charge is -2.38. The molecule has 4 nitrogen and oxygen atoms in total. The van der Waals surface area contributed by atoms with Crippen molar-refractivity contribution in [2.75, 3.05) is 26.2 Å². The number of hydrogen-bond donors (Lipinski definition) is 0. The monoisotopic (exact) mass is 314 g/mol. The number of carbonyl (C=O) groups is 2. The average molecular weight is 314 g/mol. The first-order valence-electron chi connectivity index (χ1n) is 8.67. The Hall–Kier alpha value is -1.84. The smallest absolute Gasteiger partial charge is 0.227 e. The van der Waals surface area contributed by atoms with Crippen molar-refractivity contribution in [3.63, 3.8) is 0 Å². The first kappa shape index (κ1) is 16.0. The summed E-state index contributed by atoms with van der Waals surface area (Å²) < 4.78 is 0. The Balaban J connectivity index is 1.51. The highest BCUT2D eigenvalue weighted by Gasteiger charge is 2.31. The minimum Gasteiger partial charge on any atom is -0.339 e. The highest BCUT2D eigenvalue weighted by atomic mass is 16.2. The van der Waals surface area contributed by atoms with Gasteiger partial charge in [-0.05, 0) is 43.4 Å². The van der Waals surface area contributed by atoms with Gasteiger partial charge in [0, 0.05) is 32.1 Å². The molecule has 1 heterocycles. The van der Waals surface area contributed by atoms with E-state index in [1.165, 1.54) is 17.5 Å². The van der Waals surface area contributed by atoms with Crippen molar-refractivity contribution in [3.05, 3.63) is 34.9 Å². The molecule has 0 spiro atoms. The van der Waals surface area contributed by atoms with Gasteiger partial charge in [-0.25, -0.2) is 0 Å². The molecule has 0 unspecified atom stereocenters. The van der Waals surface area contributed by atoms with E-state index >= 15 is 0 Å². The van der Waals surface area contributed by atoms with Gasteiger partial charge in [0.15, 0.2) is 0 Å². The first-order chi connectivity index (χ1) is 11.0. The summed E-state index contributed by atoms with van der Waals surface area (Å²) >= 11 is 0. The second kappa shape index (κ2) is 6.73. The van der Waals surface area contributed by atoms with Gasteiger partial charge in [-0.1, -0.05) is 24.6 Å². The van der Waals surface area contributed by atoms with Crippen molar-refractivity contribution in [1.82, 2.24) is 9.80 Å². The van der Waals surface area contributed by atoms with Gasteiger partial charge in [0.1, 0.15) is 0 Å². The standard InChI is InChI=1S/C19H26N2O2/c1-14-6-7-16(12-15(14)2)13-18(22)20-8-10-21(11-9-20)19(23)17-4-3-5-17/h6-7,12,17H,3-5,8-11,13H2,1-2H3. The molecule has 3 rings (SSSR count). The summed E-state index contributed by atoms with van der Waals surface area (Å²) in [6, 6.07) is 6.22. The van der Waals surface area contributed by atoms with Crippen molar-refractivity contribution in [3.8, 4) is 0 Å². The molecule has 1 aliphatic carbocycles. The van der Waals surface area contributed by atoms with Crippen LogP contribution < -0.4 is 0 Å². The lowest BCUT2D eigenvalue weighted by Crippen LogP contribution is -2.52. The Kier molecular flexibility index (Phi) is 4.69. The fourth-order valence-electron chi connectivity index (χ4n) is 3.29. The van der Waals surface area contributed by atoms with Gasteiger partial charge in [-0.15, -0.1) is 0 Å². The number of amides is 2. The molecule has 0 atom stereocenters. The van der Waals surface area contributed by atoms with Crippen molar-refractivity contribution in [2.45, 2.75) is 39.5 Å². The molecule has 1 aliphatic heterocycles. The second-order valence-corrected chi connectivity index (χ2v) is 6.93.